The molecule has 24 heavy (non-hydrogen) atoms. The van der Waals surface area contributed by atoms with Gasteiger partial charge in [-0.3, -0.25) is 4.99 Å². The van der Waals surface area contributed by atoms with E-state index in [4.69, 9.17) is 11.6 Å². The van der Waals surface area contributed by atoms with Gasteiger partial charge in [-0.2, -0.15) is 0 Å². The van der Waals surface area contributed by atoms with E-state index in [-0.39, 0.29) is 29.4 Å². The lowest BCUT2D eigenvalue weighted by atomic mass is 9.93. The molecule has 1 aromatic heterocycles. The molecule has 1 heterocycles. The van der Waals surface area contributed by atoms with E-state index in [1.54, 1.807) is 18.4 Å². The van der Waals surface area contributed by atoms with Crippen LogP contribution in [0.15, 0.2) is 34.6 Å². The monoisotopic (exact) mass is 478 g/mol. The van der Waals surface area contributed by atoms with Gasteiger partial charge in [-0.05, 0) is 11.6 Å². The summed E-state index contributed by atoms with van der Waals surface area (Å²) < 4.78 is 0. The van der Waals surface area contributed by atoms with Gasteiger partial charge in [0.2, 0.25) is 0 Å². The molecule has 1 aromatic carbocycles. The fraction of sp³-hybridized carbons (Fsp3) is 0.412. The van der Waals surface area contributed by atoms with Crippen LogP contribution in [0.5, 0.6) is 0 Å². The Morgan fingerprint density at radius 2 is 1.88 bits per heavy atom. The van der Waals surface area contributed by atoms with Crippen molar-refractivity contribution in [2.75, 3.05) is 7.05 Å². The third-order valence-electron chi connectivity index (χ3n) is 3.35. The Labute approximate surface area is 170 Å². The number of hydrogen-bond acceptors (Lipinski definition) is 3. The number of hydrogen-bond donors (Lipinski definition) is 2. The van der Waals surface area contributed by atoms with E-state index in [2.05, 4.69) is 46.8 Å². The third-order valence-corrected chi connectivity index (χ3v) is 4.57. The largest absolute Gasteiger partial charge is 0.352 e. The summed E-state index contributed by atoms with van der Waals surface area (Å²) in [6.45, 7) is 7.80. The number of aliphatic imine (C=N–C) groups is 1. The minimum Gasteiger partial charge on any atom is -0.352 e. The summed E-state index contributed by atoms with van der Waals surface area (Å²) in [5.74, 6) is 0.734. The molecule has 0 spiro atoms. The second-order valence-corrected chi connectivity index (χ2v) is 7.60. The smallest absolute Gasteiger partial charge is 0.191 e. The Kier molecular flexibility index (Phi) is 8.45. The third kappa shape index (κ3) is 6.22. The van der Waals surface area contributed by atoms with Crippen LogP contribution in [0, 0.1) is 0 Å². The maximum Gasteiger partial charge on any atom is 0.191 e. The number of guanidine groups is 1. The topological polar surface area (TPSA) is 49.3 Å². The second-order valence-electron chi connectivity index (χ2n) is 6.25. The van der Waals surface area contributed by atoms with Gasteiger partial charge in [0.25, 0.3) is 0 Å². The van der Waals surface area contributed by atoms with Crippen molar-refractivity contribution >= 4 is 52.9 Å². The van der Waals surface area contributed by atoms with Gasteiger partial charge in [0.05, 0.1) is 12.2 Å². The summed E-state index contributed by atoms with van der Waals surface area (Å²) in [5, 5.41) is 10.5. The molecule has 0 saturated heterocycles. The summed E-state index contributed by atoms with van der Waals surface area (Å²) in [5.41, 5.74) is 2.25. The van der Waals surface area contributed by atoms with Crippen LogP contribution in [0.2, 0.25) is 5.02 Å². The number of nitrogens with zero attached hydrogens (tertiary/aromatic N) is 2. The predicted molar refractivity (Wildman–Crippen MR) is 115 cm³/mol. The summed E-state index contributed by atoms with van der Waals surface area (Å²) in [4.78, 5) is 8.90. The molecule has 2 rings (SSSR count). The molecular weight excluding hydrogens is 455 g/mol. The standard InChI is InChI=1S/C17H23ClN4S.HI/c1-17(2,3)14-11-23-15(22-14)10-21-16(19-4)20-9-12-7-5-6-8-13(12)18;/h5-8,11H,9-10H2,1-4H3,(H2,19,20,21);1H. The van der Waals surface area contributed by atoms with E-state index in [0.29, 0.717) is 13.1 Å². The maximum absolute atomic E-state index is 6.16. The van der Waals surface area contributed by atoms with Gasteiger partial charge >= 0.3 is 0 Å². The van der Waals surface area contributed by atoms with Crippen molar-refractivity contribution in [1.82, 2.24) is 15.6 Å². The molecule has 2 aromatic rings. The van der Waals surface area contributed by atoms with Crippen LogP contribution in [0.3, 0.4) is 0 Å². The molecule has 0 aliphatic carbocycles. The fourth-order valence-corrected chi connectivity index (χ4v) is 3.10. The Balaban J connectivity index is 0.00000288. The first-order chi connectivity index (χ1) is 10.9. The molecule has 0 aliphatic heterocycles. The van der Waals surface area contributed by atoms with Crippen LogP contribution in [-0.2, 0) is 18.5 Å². The number of aromatic nitrogens is 1. The first-order valence-corrected chi connectivity index (χ1v) is 8.78. The lowest BCUT2D eigenvalue weighted by Crippen LogP contribution is -2.36. The van der Waals surface area contributed by atoms with Gasteiger partial charge in [0, 0.05) is 29.4 Å². The van der Waals surface area contributed by atoms with E-state index in [0.717, 1.165) is 27.2 Å². The van der Waals surface area contributed by atoms with Crippen molar-refractivity contribution in [3.63, 3.8) is 0 Å². The molecule has 132 valence electrons. The van der Waals surface area contributed by atoms with E-state index >= 15 is 0 Å². The first kappa shape index (κ1) is 21.2. The Morgan fingerprint density at radius 3 is 2.46 bits per heavy atom. The average Bonchev–Trinajstić information content (AvgIpc) is 2.98. The molecule has 0 atom stereocenters. The SMILES string of the molecule is CN=C(NCc1nc(C(C)(C)C)cs1)NCc1ccccc1Cl.I. The molecule has 4 nitrogen and oxygen atoms in total. The van der Waals surface area contributed by atoms with Crippen LogP contribution in [0.1, 0.15) is 37.0 Å². The van der Waals surface area contributed by atoms with Gasteiger partial charge in [0.1, 0.15) is 5.01 Å². The molecule has 0 aliphatic rings. The van der Waals surface area contributed by atoms with Crippen LogP contribution in [-0.4, -0.2) is 18.0 Å². The predicted octanol–water partition coefficient (Wildman–Crippen LogP) is 4.58. The molecule has 0 bridgehead atoms. The Morgan fingerprint density at radius 1 is 1.21 bits per heavy atom. The van der Waals surface area contributed by atoms with Crippen molar-refractivity contribution in [1.29, 1.82) is 0 Å². The van der Waals surface area contributed by atoms with Gasteiger partial charge in [-0.25, -0.2) is 4.98 Å². The van der Waals surface area contributed by atoms with Crippen molar-refractivity contribution in [2.45, 2.75) is 39.3 Å². The summed E-state index contributed by atoms with van der Waals surface area (Å²) >= 11 is 7.83. The van der Waals surface area contributed by atoms with Crippen molar-refractivity contribution in [3.8, 4) is 0 Å². The van der Waals surface area contributed by atoms with Crippen molar-refractivity contribution in [3.05, 3.63) is 50.9 Å². The zero-order valence-corrected chi connectivity index (χ0v) is 18.3. The zero-order valence-electron chi connectivity index (χ0n) is 14.4. The van der Waals surface area contributed by atoms with Crippen molar-refractivity contribution in [2.24, 2.45) is 4.99 Å². The minimum absolute atomic E-state index is 0. The summed E-state index contributed by atoms with van der Waals surface area (Å²) in [7, 11) is 1.75. The molecule has 0 amide bonds. The minimum atomic E-state index is 0. The first-order valence-electron chi connectivity index (χ1n) is 7.53. The second kappa shape index (κ2) is 9.58. The highest BCUT2D eigenvalue weighted by Gasteiger charge is 2.17. The number of halogens is 2. The van der Waals surface area contributed by atoms with Crippen LogP contribution >= 0.6 is 46.9 Å². The van der Waals surface area contributed by atoms with E-state index in [1.807, 2.05) is 24.3 Å². The van der Waals surface area contributed by atoms with Crippen LogP contribution < -0.4 is 10.6 Å². The van der Waals surface area contributed by atoms with E-state index < -0.39 is 0 Å². The molecule has 0 unspecified atom stereocenters. The maximum atomic E-state index is 6.16. The zero-order chi connectivity index (χ0) is 16.9. The Hall–Kier alpha value is -0.860. The number of thiazole rings is 1. The van der Waals surface area contributed by atoms with Gasteiger partial charge in [-0.15, -0.1) is 35.3 Å². The number of rotatable bonds is 4. The molecule has 7 heteroatoms. The molecule has 0 saturated carbocycles. The van der Waals surface area contributed by atoms with E-state index in [1.165, 1.54) is 0 Å². The van der Waals surface area contributed by atoms with E-state index in [9.17, 15) is 0 Å². The van der Waals surface area contributed by atoms with Gasteiger partial charge in [-0.1, -0.05) is 50.6 Å². The summed E-state index contributed by atoms with van der Waals surface area (Å²) in [6.07, 6.45) is 0. The lowest BCUT2D eigenvalue weighted by Gasteiger charge is -2.14. The number of benzene rings is 1. The fourth-order valence-electron chi connectivity index (χ4n) is 1.94. The highest BCUT2D eigenvalue weighted by Crippen LogP contribution is 2.23. The van der Waals surface area contributed by atoms with Crippen molar-refractivity contribution < 1.29 is 0 Å². The molecule has 0 fully saturated rings. The highest BCUT2D eigenvalue weighted by atomic mass is 127. The molecule has 2 N–H and O–H groups in total. The average molecular weight is 479 g/mol. The highest BCUT2D eigenvalue weighted by molar-refractivity contribution is 14.0. The van der Waals surface area contributed by atoms with Crippen LogP contribution in [0.4, 0.5) is 0 Å². The Bertz CT molecular complexity index is 679. The summed E-state index contributed by atoms with van der Waals surface area (Å²) in [6, 6.07) is 7.79. The van der Waals surface area contributed by atoms with Gasteiger partial charge < -0.3 is 10.6 Å². The lowest BCUT2D eigenvalue weighted by molar-refractivity contribution is 0.570. The van der Waals surface area contributed by atoms with Gasteiger partial charge in [0.15, 0.2) is 5.96 Å². The molecular formula is C17H24ClIN4S. The molecule has 0 radical (unpaired) electrons. The number of nitrogens with one attached hydrogen (secondary N) is 2. The quantitative estimate of drug-likeness (QED) is 0.384. The van der Waals surface area contributed by atoms with Crippen LogP contribution in [0.25, 0.3) is 0 Å². The normalized spacial score (nSPS) is 11.8.